The molecule has 21 heavy (non-hydrogen) atoms. The Morgan fingerprint density at radius 3 is 2.76 bits per heavy atom. The number of likely N-dealkylation sites (N-methyl/N-ethyl adjacent to an activating group) is 1. The minimum absolute atomic E-state index is 0.297. The number of carbonyl (C=O) groups excluding carboxylic acids is 1. The highest BCUT2D eigenvalue weighted by atomic mass is 32.2. The minimum atomic E-state index is -0.858. The minimum Gasteiger partial charge on any atom is -0.467 e. The summed E-state index contributed by atoms with van der Waals surface area (Å²) < 4.78 is 5.00. The number of H-pyrrole nitrogens is 1. The predicted octanol–water partition coefficient (Wildman–Crippen LogP) is 1.57. The summed E-state index contributed by atoms with van der Waals surface area (Å²) in [5, 5.41) is 10.5. The van der Waals surface area contributed by atoms with Gasteiger partial charge >= 0.3 is 5.97 Å². The zero-order valence-corrected chi connectivity index (χ0v) is 12.8. The van der Waals surface area contributed by atoms with Gasteiger partial charge in [-0.15, -0.1) is 0 Å². The molecule has 7 heteroatoms. The summed E-state index contributed by atoms with van der Waals surface area (Å²) in [6.45, 7) is 0. The number of nitrogens with one attached hydrogen (secondary N) is 2. The Hall–Kier alpha value is -1.86. The van der Waals surface area contributed by atoms with Crippen LogP contribution in [0.1, 0.15) is 12.0 Å². The number of hydrogen-bond donors (Lipinski definition) is 2. The van der Waals surface area contributed by atoms with Crippen LogP contribution in [-0.4, -0.2) is 41.1 Å². The van der Waals surface area contributed by atoms with Crippen molar-refractivity contribution in [3.63, 3.8) is 0 Å². The first kappa shape index (κ1) is 15.5. The predicted molar refractivity (Wildman–Crippen MR) is 80.9 cm³/mol. The summed E-state index contributed by atoms with van der Waals surface area (Å²) in [7, 11) is 3.17. The number of rotatable bonds is 7. The molecule has 0 fully saturated rings. The largest absolute Gasteiger partial charge is 0.467 e. The maximum atomic E-state index is 12.3. The molecule has 1 unspecified atom stereocenters. The van der Waals surface area contributed by atoms with E-state index in [1.165, 1.54) is 25.2 Å². The fraction of sp³-hybridized carbons (Fsp3) is 0.357. The molecule has 1 atom stereocenters. The van der Waals surface area contributed by atoms with Gasteiger partial charge in [-0.1, -0.05) is 42.1 Å². The Bertz CT molecular complexity index is 562. The van der Waals surface area contributed by atoms with Crippen LogP contribution in [0.4, 0.5) is 0 Å². The van der Waals surface area contributed by atoms with Crippen LogP contribution in [-0.2, 0) is 15.1 Å². The molecule has 0 spiro atoms. The lowest BCUT2D eigenvalue weighted by Crippen LogP contribution is -2.48. The van der Waals surface area contributed by atoms with Crippen molar-refractivity contribution in [1.82, 2.24) is 20.5 Å². The SMILES string of the molecule is CNC(CCSc1ncn[nH]1)(C(=O)OC)c1ccccc1. The number of aromatic amines is 1. The molecular formula is C14H18N4O2S. The highest BCUT2D eigenvalue weighted by Crippen LogP contribution is 2.29. The van der Waals surface area contributed by atoms with E-state index in [1.807, 2.05) is 30.3 Å². The first-order valence-electron chi connectivity index (χ1n) is 6.54. The van der Waals surface area contributed by atoms with Gasteiger partial charge in [0.15, 0.2) is 5.16 Å². The third kappa shape index (κ3) is 3.43. The average molecular weight is 306 g/mol. The summed E-state index contributed by atoms with van der Waals surface area (Å²) in [5.41, 5.74) is 0.0285. The van der Waals surface area contributed by atoms with E-state index in [2.05, 4.69) is 20.5 Å². The summed E-state index contributed by atoms with van der Waals surface area (Å²) in [6, 6.07) is 9.59. The molecule has 0 saturated heterocycles. The number of hydrogen-bond acceptors (Lipinski definition) is 6. The van der Waals surface area contributed by atoms with E-state index in [-0.39, 0.29) is 5.97 Å². The molecular weight excluding hydrogens is 288 g/mol. The van der Waals surface area contributed by atoms with Crippen molar-refractivity contribution >= 4 is 17.7 Å². The molecule has 6 nitrogen and oxygen atoms in total. The van der Waals surface area contributed by atoms with Crippen molar-refractivity contribution in [3.05, 3.63) is 42.2 Å². The van der Waals surface area contributed by atoms with Gasteiger partial charge in [0.2, 0.25) is 0 Å². The van der Waals surface area contributed by atoms with Crippen molar-refractivity contribution in [1.29, 1.82) is 0 Å². The van der Waals surface area contributed by atoms with Crippen LogP contribution in [0.2, 0.25) is 0 Å². The van der Waals surface area contributed by atoms with E-state index in [9.17, 15) is 4.79 Å². The monoisotopic (exact) mass is 306 g/mol. The van der Waals surface area contributed by atoms with Crippen LogP contribution in [0.5, 0.6) is 0 Å². The number of esters is 1. The van der Waals surface area contributed by atoms with Crippen LogP contribution >= 0.6 is 11.8 Å². The van der Waals surface area contributed by atoms with Crippen molar-refractivity contribution in [2.45, 2.75) is 17.1 Å². The highest BCUT2D eigenvalue weighted by molar-refractivity contribution is 7.99. The van der Waals surface area contributed by atoms with E-state index >= 15 is 0 Å². The third-order valence-corrected chi connectivity index (χ3v) is 4.21. The molecule has 0 amide bonds. The Morgan fingerprint density at radius 2 is 2.19 bits per heavy atom. The van der Waals surface area contributed by atoms with Gasteiger partial charge in [-0.3, -0.25) is 5.10 Å². The normalized spacial score (nSPS) is 13.6. The molecule has 2 rings (SSSR count). The van der Waals surface area contributed by atoms with Crippen LogP contribution in [0.25, 0.3) is 0 Å². The second kappa shape index (κ2) is 7.24. The van der Waals surface area contributed by atoms with Crippen LogP contribution in [0.15, 0.2) is 41.8 Å². The Labute approximate surface area is 127 Å². The average Bonchev–Trinajstić information content (AvgIpc) is 3.05. The maximum Gasteiger partial charge on any atom is 0.330 e. The van der Waals surface area contributed by atoms with Crippen molar-refractivity contribution in [2.24, 2.45) is 0 Å². The number of thioether (sulfide) groups is 1. The van der Waals surface area contributed by atoms with Crippen molar-refractivity contribution in [3.8, 4) is 0 Å². The smallest absolute Gasteiger partial charge is 0.330 e. The molecule has 0 aliphatic carbocycles. The molecule has 0 saturated carbocycles. The number of methoxy groups -OCH3 is 1. The lowest BCUT2D eigenvalue weighted by Gasteiger charge is -2.31. The number of aromatic nitrogens is 3. The van der Waals surface area contributed by atoms with Gasteiger partial charge < -0.3 is 10.1 Å². The first-order valence-corrected chi connectivity index (χ1v) is 7.52. The quantitative estimate of drug-likeness (QED) is 0.597. The molecule has 1 aromatic carbocycles. The summed E-state index contributed by atoms with van der Waals surface area (Å²) in [4.78, 5) is 16.4. The van der Waals surface area contributed by atoms with Crippen molar-refractivity contribution in [2.75, 3.05) is 19.9 Å². The molecule has 1 heterocycles. The second-order valence-electron chi connectivity index (χ2n) is 4.40. The van der Waals surface area contributed by atoms with Gasteiger partial charge in [0.1, 0.15) is 11.9 Å². The van der Waals surface area contributed by atoms with Crippen molar-refractivity contribution < 1.29 is 9.53 Å². The molecule has 0 aliphatic rings. The summed E-state index contributed by atoms with van der Waals surface area (Å²) >= 11 is 1.51. The molecule has 0 bridgehead atoms. The molecule has 1 aromatic heterocycles. The van der Waals surface area contributed by atoms with Gasteiger partial charge in [-0.05, 0) is 19.0 Å². The van der Waals surface area contributed by atoms with Gasteiger partial charge in [-0.25, -0.2) is 9.78 Å². The summed E-state index contributed by atoms with van der Waals surface area (Å²) in [5.74, 6) is 0.398. The molecule has 0 radical (unpaired) electrons. The Kier molecular flexibility index (Phi) is 5.35. The van der Waals surface area contributed by atoms with Gasteiger partial charge in [0.25, 0.3) is 0 Å². The fourth-order valence-electron chi connectivity index (χ4n) is 2.20. The van der Waals surface area contributed by atoms with E-state index in [0.717, 1.165) is 10.7 Å². The molecule has 112 valence electrons. The van der Waals surface area contributed by atoms with Gasteiger partial charge in [-0.2, -0.15) is 5.10 Å². The standard InChI is InChI=1S/C14H18N4O2S/c1-15-14(12(19)20-2,11-6-4-3-5-7-11)8-9-21-13-16-10-17-18-13/h3-7,10,15H,8-9H2,1-2H3,(H,16,17,18). The number of benzene rings is 1. The van der Waals surface area contributed by atoms with Gasteiger partial charge in [0.05, 0.1) is 7.11 Å². The van der Waals surface area contributed by atoms with Crippen LogP contribution < -0.4 is 5.32 Å². The topological polar surface area (TPSA) is 79.9 Å². The zero-order valence-electron chi connectivity index (χ0n) is 12.0. The van der Waals surface area contributed by atoms with Crippen LogP contribution in [0, 0.1) is 0 Å². The zero-order chi connectivity index (χ0) is 15.1. The van der Waals surface area contributed by atoms with E-state index in [0.29, 0.717) is 12.2 Å². The maximum absolute atomic E-state index is 12.3. The Morgan fingerprint density at radius 1 is 1.43 bits per heavy atom. The molecule has 2 aromatic rings. The fourth-order valence-corrected chi connectivity index (χ4v) is 3.04. The lowest BCUT2D eigenvalue weighted by molar-refractivity contribution is -0.149. The number of nitrogens with zero attached hydrogens (tertiary/aromatic N) is 2. The highest BCUT2D eigenvalue weighted by Gasteiger charge is 2.39. The molecule has 2 N–H and O–H groups in total. The first-order chi connectivity index (χ1) is 10.2. The molecule has 0 aliphatic heterocycles. The third-order valence-electron chi connectivity index (χ3n) is 3.34. The van der Waals surface area contributed by atoms with E-state index in [1.54, 1.807) is 7.05 Å². The van der Waals surface area contributed by atoms with E-state index < -0.39 is 5.54 Å². The lowest BCUT2D eigenvalue weighted by atomic mass is 9.87. The van der Waals surface area contributed by atoms with Gasteiger partial charge in [0, 0.05) is 5.75 Å². The number of carbonyl (C=O) groups is 1. The number of ether oxygens (including phenoxy) is 1. The second-order valence-corrected chi connectivity index (χ2v) is 5.49. The summed E-state index contributed by atoms with van der Waals surface area (Å²) in [6.07, 6.45) is 2.04. The van der Waals surface area contributed by atoms with E-state index in [4.69, 9.17) is 4.74 Å². The van der Waals surface area contributed by atoms with Crippen LogP contribution in [0.3, 0.4) is 0 Å². The Balaban J connectivity index is 2.17.